The molecule has 32 heavy (non-hydrogen) atoms. The Hall–Kier alpha value is -2.48. The molecule has 7 heteroatoms. The monoisotopic (exact) mass is 448 g/mol. The molecule has 0 aliphatic carbocycles. The summed E-state index contributed by atoms with van der Waals surface area (Å²) < 4.78 is 39.1. The lowest BCUT2D eigenvalue weighted by Crippen LogP contribution is -2.49. The highest BCUT2D eigenvalue weighted by molar-refractivity contribution is 5.44. The van der Waals surface area contributed by atoms with E-state index in [2.05, 4.69) is 0 Å². The van der Waals surface area contributed by atoms with Crippen LogP contribution in [0.25, 0.3) is 0 Å². The summed E-state index contributed by atoms with van der Waals surface area (Å²) in [5.74, 6) is 2.75. The zero-order valence-electron chi connectivity index (χ0n) is 20.2. The van der Waals surface area contributed by atoms with E-state index < -0.39 is 5.60 Å². The number of benzene rings is 2. The molecule has 0 saturated carbocycles. The lowest BCUT2D eigenvalue weighted by Gasteiger charge is -2.39. The van der Waals surface area contributed by atoms with Crippen LogP contribution in [0.15, 0.2) is 36.4 Å². The van der Waals surface area contributed by atoms with Gasteiger partial charge in [-0.25, -0.2) is 0 Å². The van der Waals surface area contributed by atoms with Crippen molar-refractivity contribution >= 4 is 0 Å². The summed E-state index contributed by atoms with van der Waals surface area (Å²) in [4.78, 5) is 0. The lowest BCUT2D eigenvalue weighted by atomic mass is 9.79. The van der Waals surface area contributed by atoms with E-state index in [1.165, 1.54) is 0 Å². The van der Waals surface area contributed by atoms with Crippen molar-refractivity contribution in [2.45, 2.75) is 18.4 Å². The topological polar surface area (TPSA) is 64.6 Å². The SMILES string of the molecule is COC[C@H](Cc1ccc(OC)c(OC)c1)[C@](COC)(Cc1ccc(OC)c(OC)c1)OC. The van der Waals surface area contributed by atoms with Crippen LogP contribution in [0.4, 0.5) is 0 Å². The smallest absolute Gasteiger partial charge is 0.160 e. The molecule has 0 aliphatic rings. The molecule has 0 aromatic heterocycles. The molecule has 0 spiro atoms. The van der Waals surface area contributed by atoms with Gasteiger partial charge in [0.15, 0.2) is 23.0 Å². The first-order valence-corrected chi connectivity index (χ1v) is 10.5. The van der Waals surface area contributed by atoms with Gasteiger partial charge in [0.2, 0.25) is 0 Å². The summed E-state index contributed by atoms with van der Waals surface area (Å²) in [7, 11) is 11.6. The number of methoxy groups -OCH3 is 7. The lowest BCUT2D eigenvalue weighted by molar-refractivity contribution is -0.117. The van der Waals surface area contributed by atoms with Gasteiger partial charge in [0.1, 0.15) is 5.60 Å². The Morgan fingerprint density at radius 2 is 1.19 bits per heavy atom. The zero-order valence-corrected chi connectivity index (χ0v) is 20.2. The van der Waals surface area contributed by atoms with Crippen molar-refractivity contribution in [3.63, 3.8) is 0 Å². The van der Waals surface area contributed by atoms with E-state index in [4.69, 9.17) is 33.2 Å². The predicted molar refractivity (Wildman–Crippen MR) is 123 cm³/mol. The average molecular weight is 449 g/mol. The van der Waals surface area contributed by atoms with Crippen LogP contribution in [0, 0.1) is 5.92 Å². The molecule has 0 heterocycles. The summed E-state index contributed by atoms with van der Waals surface area (Å²) in [6, 6.07) is 11.8. The molecule has 2 aromatic carbocycles. The van der Waals surface area contributed by atoms with E-state index in [-0.39, 0.29) is 5.92 Å². The maximum Gasteiger partial charge on any atom is 0.160 e. The van der Waals surface area contributed by atoms with Crippen LogP contribution in [0.5, 0.6) is 23.0 Å². The molecule has 0 fully saturated rings. The van der Waals surface area contributed by atoms with Crippen molar-refractivity contribution in [1.82, 2.24) is 0 Å². The third-order valence-electron chi connectivity index (χ3n) is 5.79. The second-order valence-electron chi connectivity index (χ2n) is 7.61. The van der Waals surface area contributed by atoms with Crippen LogP contribution < -0.4 is 18.9 Å². The molecule has 0 unspecified atom stereocenters. The fourth-order valence-corrected chi connectivity index (χ4v) is 4.08. The standard InChI is InChI=1S/C25H36O7/c1-26-16-20(12-18-8-10-21(28-3)23(13-18)30-5)25(32-7,17-27-2)15-19-9-11-22(29-4)24(14-19)31-6/h8-11,13-14,20H,12,15-17H2,1-7H3/t20-,25+/m0/s1. The Bertz CT molecular complexity index is 839. The van der Waals surface area contributed by atoms with Crippen LogP contribution in [0.2, 0.25) is 0 Å². The highest BCUT2D eigenvalue weighted by atomic mass is 16.5. The molecular formula is C25H36O7. The number of ether oxygens (including phenoxy) is 7. The fourth-order valence-electron chi connectivity index (χ4n) is 4.08. The quantitative estimate of drug-likeness (QED) is 0.436. The summed E-state index contributed by atoms with van der Waals surface area (Å²) in [5, 5.41) is 0. The van der Waals surface area contributed by atoms with E-state index in [0.717, 1.165) is 11.1 Å². The normalized spacial score (nSPS) is 13.8. The Morgan fingerprint density at radius 1 is 0.656 bits per heavy atom. The molecule has 0 aliphatic heterocycles. The van der Waals surface area contributed by atoms with Crippen molar-refractivity contribution in [3.8, 4) is 23.0 Å². The number of hydrogen-bond donors (Lipinski definition) is 0. The maximum atomic E-state index is 6.17. The van der Waals surface area contributed by atoms with E-state index in [0.29, 0.717) is 49.1 Å². The number of rotatable bonds is 14. The van der Waals surface area contributed by atoms with Gasteiger partial charge in [0.05, 0.1) is 41.7 Å². The summed E-state index contributed by atoms with van der Waals surface area (Å²) in [6.07, 6.45) is 1.32. The van der Waals surface area contributed by atoms with Gasteiger partial charge in [-0.05, 0) is 41.8 Å². The summed E-state index contributed by atoms with van der Waals surface area (Å²) in [5.41, 5.74) is 1.52. The Labute approximate surface area is 191 Å². The van der Waals surface area contributed by atoms with Crippen LogP contribution >= 0.6 is 0 Å². The van der Waals surface area contributed by atoms with Crippen molar-refractivity contribution in [3.05, 3.63) is 47.5 Å². The second-order valence-corrected chi connectivity index (χ2v) is 7.61. The van der Waals surface area contributed by atoms with Gasteiger partial charge in [0, 0.05) is 33.7 Å². The molecule has 0 bridgehead atoms. The molecule has 178 valence electrons. The molecule has 0 saturated heterocycles. The molecular weight excluding hydrogens is 412 g/mol. The molecule has 0 amide bonds. The maximum absolute atomic E-state index is 6.17. The van der Waals surface area contributed by atoms with Crippen molar-refractivity contribution in [1.29, 1.82) is 0 Å². The molecule has 2 aromatic rings. The Kier molecular flexibility index (Phi) is 10.1. The van der Waals surface area contributed by atoms with Crippen molar-refractivity contribution in [2.24, 2.45) is 5.92 Å². The van der Waals surface area contributed by atoms with Gasteiger partial charge in [0.25, 0.3) is 0 Å². The van der Waals surface area contributed by atoms with Crippen molar-refractivity contribution < 1.29 is 33.2 Å². The Morgan fingerprint density at radius 3 is 1.66 bits per heavy atom. The fraction of sp³-hybridized carbons (Fsp3) is 0.520. The minimum atomic E-state index is -0.627. The molecule has 2 rings (SSSR count). The zero-order chi connectivity index (χ0) is 23.6. The summed E-state index contributed by atoms with van der Waals surface area (Å²) >= 11 is 0. The molecule has 0 radical (unpaired) electrons. The molecule has 7 nitrogen and oxygen atoms in total. The third kappa shape index (κ3) is 6.06. The van der Waals surface area contributed by atoms with Gasteiger partial charge in [-0.2, -0.15) is 0 Å². The second kappa shape index (κ2) is 12.5. The van der Waals surface area contributed by atoms with Crippen LogP contribution in [-0.2, 0) is 27.1 Å². The Balaban J connectivity index is 2.41. The average Bonchev–Trinajstić information content (AvgIpc) is 2.83. The van der Waals surface area contributed by atoms with Gasteiger partial charge in [-0.3, -0.25) is 0 Å². The first kappa shape index (κ1) is 25.8. The van der Waals surface area contributed by atoms with Crippen LogP contribution in [0.1, 0.15) is 11.1 Å². The first-order chi connectivity index (χ1) is 15.5. The van der Waals surface area contributed by atoms with Crippen molar-refractivity contribution in [2.75, 3.05) is 63.0 Å². The summed E-state index contributed by atoms with van der Waals surface area (Å²) in [6.45, 7) is 0.901. The van der Waals surface area contributed by atoms with E-state index >= 15 is 0 Å². The van der Waals surface area contributed by atoms with Gasteiger partial charge in [-0.1, -0.05) is 12.1 Å². The highest BCUT2D eigenvalue weighted by Crippen LogP contribution is 2.35. The highest BCUT2D eigenvalue weighted by Gasteiger charge is 2.40. The van der Waals surface area contributed by atoms with Gasteiger partial charge < -0.3 is 33.2 Å². The first-order valence-electron chi connectivity index (χ1n) is 10.5. The van der Waals surface area contributed by atoms with Crippen LogP contribution in [0.3, 0.4) is 0 Å². The minimum absolute atomic E-state index is 0.00338. The van der Waals surface area contributed by atoms with Gasteiger partial charge in [-0.15, -0.1) is 0 Å². The van der Waals surface area contributed by atoms with E-state index in [1.54, 1.807) is 49.8 Å². The third-order valence-corrected chi connectivity index (χ3v) is 5.79. The van der Waals surface area contributed by atoms with E-state index in [1.807, 2.05) is 36.4 Å². The molecule has 2 atom stereocenters. The minimum Gasteiger partial charge on any atom is -0.493 e. The molecule has 0 N–H and O–H groups in total. The number of hydrogen-bond acceptors (Lipinski definition) is 7. The predicted octanol–water partition coefficient (Wildman–Crippen LogP) is 3.80. The van der Waals surface area contributed by atoms with Gasteiger partial charge >= 0.3 is 0 Å². The largest absolute Gasteiger partial charge is 0.493 e. The van der Waals surface area contributed by atoms with Crippen LogP contribution in [-0.4, -0.2) is 68.6 Å². The van der Waals surface area contributed by atoms with E-state index in [9.17, 15) is 0 Å².